The number of carbonyl (C=O) groups excluding carboxylic acids is 1. The van der Waals surface area contributed by atoms with Gasteiger partial charge in [-0.05, 0) is 19.3 Å². The van der Waals surface area contributed by atoms with Crippen LogP contribution in [-0.4, -0.2) is 12.2 Å². The lowest BCUT2D eigenvalue weighted by molar-refractivity contribution is 0.0969. The molecule has 0 rings (SSSR count). The first-order valence-corrected chi connectivity index (χ1v) is 6.66. The van der Waals surface area contributed by atoms with Crippen molar-refractivity contribution >= 4 is 6.09 Å². The summed E-state index contributed by atoms with van der Waals surface area (Å²) in [5.74, 6) is 0. The third-order valence-corrected chi connectivity index (χ3v) is 2.87. The van der Waals surface area contributed by atoms with Crippen molar-refractivity contribution in [2.75, 3.05) is 0 Å². The molecule has 0 fully saturated rings. The maximum atomic E-state index is 10.6. The first-order valence-electron chi connectivity index (χ1n) is 6.66. The van der Waals surface area contributed by atoms with Gasteiger partial charge in [-0.3, -0.25) is 0 Å². The van der Waals surface area contributed by atoms with Gasteiger partial charge in [-0.2, -0.15) is 0 Å². The van der Waals surface area contributed by atoms with Crippen LogP contribution in [0.25, 0.3) is 0 Å². The van der Waals surface area contributed by atoms with Gasteiger partial charge in [-0.1, -0.05) is 52.4 Å². The smallest absolute Gasteiger partial charge is 0.404 e. The highest BCUT2D eigenvalue weighted by Gasteiger charge is 2.08. The molecule has 3 nitrogen and oxygen atoms in total. The molecule has 0 aromatic heterocycles. The van der Waals surface area contributed by atoms with E-state index >= 15 is 0 Å². The monoisotopic (exact) mass is 229 g/mol. The average Bonchev–Trinajstić information content (AvgIpc) is 2.25. The molecule has 0 saturated heterocycles. The van der Waals surface area contributed by atoms with Crippen LogP contribution in [0.5, 0.6) is 0 Å². The van der Waals surface area contributed by atoms with E-state index in [2.05, 4.69) is 6.92 Å². The number of amides is 1. The summed E-state index contributed by atoms with van der Waals surface area (Å²) in [6.07, 6.45) is 10.2. The van der Waals surface area contributed by atoms with E-state index < -0.39 is 6.09 Å². The summed E-state index contributed by atoms with van der Waals surface area (Å²) in [6, 6.07) is 0. The molecule has 0 aliphatic carbocycles. The summed E-state index contributed by atoms with van der Waals surface area (Å²) in [6.45, 7) is 4.25. The van der Waals surface area contributed by atoms with E-state index in [1.165, 1.54) is 38.5 Å². The molecule has 0 bridgehead atoms. The molecular formula is C13H27NO2. The quantitative estimate of drug-likeness (QED) is 0.576. The predicted molar refractivity (Wildman–Crippen MR) is 67.4 cm³/mol. The van der Waals surface area contributed by atoms with Gasteiger partial charge in [0.2, 0.25) is 0 Å². The molecule has 0 aliphatic rings. The highest BCUT2D eigenvalue weighted by molar-refractivity contribution is 5.64. The lowest BCUT2D eigenvalue weighted by atomic mass is 10.1. The fourth-order valence-corrected chi connectivity index (χ4v) is 1.84. The third-order valence-electron chi connectivity index (χ3n) is 2.87. The molecule has 1 unspecified atom stereocenters. The summed E-state index contributed by atoms with van der Waals surface area (Å²) < 4.78 is 4.98. The third kappa shape index (κ3) is 9.81. The first kappa shape index (κ1) is 15.3. The zero-order valence-electron chi connectivity index (χ0n) is 10.8. The molecular weight excluding hydrogens is 202 g/mol. The Labute approximate surface area is 99.7 Å². The summed E-state index contributed by atoms with van der Waals surface area (Å²) in [7, 11) is 0. The maximum absolute atomic E-state index is 10.6. The molecule has 96 valence electrons. The molecule has 0 spiro atoms. The van der Waals surface area contributed by atoms with Crippen LogP contribution in [0.3, 0.4) is 0 Å². The summed E-state index contributed by atoms with van der Waals surface area (Å²) >= 11 is 0. The van der Waals surface area contributed by atoms with Gasteiger partial charge in [-0.25, -0.2) is 4.79 Å². The largest absolute Gasteiger partial charge is 0.446 e. The standard InChI is InChI=1S/C13H27NO2/c1-3-5-6-7-8-9-10-11-12(4-2)16-13(14)15/h12H,3-11H2,1-2H3,(H2,14,15). The van der Waals surface area contributed by atoms with E-state index in [0.717, 1.165) is 19.3 Å². The fraction of sp³-hybridized carbons (Fsp3) is 0.923. The van der Waals surface area contributed by atoms with E-state index in [0.29, 0.717) is 0 Å². The normalized spacial score (nSPS) is 12.4. The van der Waals surface area contributed by atoms with Crippen LogP contribution in [0.1, 0.15) is 71.6 Å². The molecule has 0 radical (unpaired) electrons. The Balaban J connectivity index is 3.31. The second-order valence-electron chi connectivity index (χ2n) is 4.38. The number of hydrogen-bond donors (Lipinski definition) is 1. The van der Waals surface area contributed by atoms with Crippen LogP contribution in [0, 0.1) is 0 Å². The van der Waals surface area contributed by atoms with Gasteiger partial charge in [0.15, 0.2) is 0 Å². The van der Waals surface area contributed by atoms with Crippen LogP contribution in [-0.2, 0) is 4.74 Å². The van der Waals surface area contributed by atoms with Crippen LogP contribution in [0.15, 0.2) is 0 Å². The molecule has 1 atom stereocenters. The van der Waals surface area contributed by atoms with Crippen molar-refractivity contribution in [3.05, 3.63) is 0 Å². The highest BCUT2D eigenvalue weighted by atomic mass is 16.6. The molecule has 0 aliphatic heterocycles. The molecule has 1 amide bonds. The van der Waals surface area contributed by atoms with Crippen LogP contribution >= 0.6 is 0 Å². The van der Waals surface area contributed by atoms with Gasteiger partial charge in [0, 0.05) is 0 Å². The Morgan fingerprint density at radius 3 is 2.12 bits per heavy atom. The van der Waals surface area contributed by atoms with Crippen molar-refractivity contribution in [2.24, 2.45) is 5.73 Å². The lowest BCUT2D eigenvalue weighted by Crippen LogP contribution is -2.22. The van der Waals surface area contributed by atoms with E-state index in [1.54, 1.807) is 0 Å². The van der Waals surface area contributed by atoms with Gasteiger partial charge in [-0.15, -0.1) is 0 Å². The minimum Gasteiger partial charge on any atom is -0.446 e. The Morgan fingerprint density at radius 2 is 1.62 bits per heavy atom. The van der Waals surface area contributed by atoms with E-state index in [4.69, 9.17) is 10.5 Å². The summed E-state index contributed by atoms with van der Waals surface area (Å²) in [5.41, 5.74) is 4.99. The van der Waals surface area contributed by atoms with Crippen molar-refractivity contribution in [3.8, 4) is 0 Å². The fourth-order valence-electron chi connectivity index (χ4n) is 1.84. The molecule has 3 heteroatoms. The number of primary amides is 1. The van der Waals surface area contributed by atoms with Gasteiger partial charge < -0.3 is 10.5 Å². The Morgan fingerprint density at radius 1 is 1.06 bits per heavy atom. The van der Waals surface area contributed by atoms with Crippen molar-refractivity contribution in [2.45, 2.75) is 77.7 Å². The minimum absolute atomic E-state index is 0.0214. The van der Waals surface area contributed by atoms with Gasteiger partial charge >= 0.3 is 6.09 Å². The molecule has 0 aromatic carbocycles. The highest BCUT2D eigenvalue weighted by Crippen LogP contribution is 2.12. The van der Waals surface area contributed by atoms with Gasteiger partial charge in [0.1, 0.15) is 6.10 Å². The zero-order valence-corrected chi connectivity index (χ0v) is 10.8. The van der Waals surface area contributed by atoms with Crippen molar-refractivity contribution in [1.82, 2.24) is 0 Å². The average molecular weight is 229 g/mol. The number of unbranched alkanes of at least 4 members (excludes halogenated alkanes) is 6. The molecule has 16 heavy (non-hydrogen) atoms. The Kier molecular flexibility index (Phi) is 10.3. The molecule has 0 aromatic rings. The first-order chi connectivity index (χ1) is 7.70. The van der Waals surface area contributed by atoms with Gasteiger partial charge in [0.25, 0.3) is 0 Å². The zero-order chi connectivity index (χ0) is 12.2. The lowest BCUT2D eigenvalue weighted by Gasteiger charge is -2.14. The van der Waals surface area contributed by atoms with Crippen molar-refractivity contribution in [1.29, 1.82) is 0 Å². The summed E-state index contributed by atoms with van der Waals surface area (Å²) in [4.78, 5) is 10.6. The van der Waals surface area contributed by atoms with Gasteiger partial charge in [0.05, 0.1) is 0 Å². The van der Waals surface area contributed by atoms with Crippen LogP contribution in [0.4, 0.5) is 4.79 Å². The molecule has 0 saturated carbocycles. The van der Waals surface area contributed by atoms with Crippen LogP contribution < -0.4 is 5.73 Å². The second-order valence-corrected chi connectivity index (χ2v) is 4.38. The number of ether oxygens (including phenoxy) is 1. The van der Waals surface area contributed by atoms with Crippen LogP contribution in [0.2, 0.25) is 0 Å². The SMILES string of the molecule is CCCCCCCCCC(CC)OC(N)=O. The maximum Gasteiger partial charge on any atom is 0.404 e. The van der Waals surface area contributed by atoms with Crippen molar-refractivity contribution in [3.63, 3.8) is 0 Å². The number of nitrogens with two attached hydrogens (primary N) is 1. The van der Waals surface area contributed by atoms with E-state index in [9.17, 15) is 4.79 Å². The van der Waals surface area contributed by atoms with Crippen molar-refractivity contribution < 1.29 is 9.53 Å². The van der Waals surface area contributed by atoms with E-state index in [1.807, 2.05) is 6.92 Å². The molecule has 0 heterocycles. The number of rotatable bonds is 10. The number of carbonyl (C=O) groups is 1. The summed E-state index contributed by atoms with van der Waals surface area (Å²) in [5, 5.41) is 0. The molecule has 2 N–H and O–H groups in total. The predicted octanol–water partition coefficient (Wildman–Crippen LogP) is 4.00. The number of hydrogen-bond acceptors (Lipinski definition) is 2. The Hall–Kier alpha value is -0.730. The van der Waals surface area contributed by atoms with E-state index in [-0.39, 0.29) is 6.10 Å². The minimum atomic E-state index is -0.644. The topological polar surface area (TPSA) is 52.3 Å². The second kappa shape index (κ2) is 10.8. The Bertz CT molecular complexity index is 171.